The molecule has 0 radical (unpaired) electrons. The van der Waals surface area contributed by atoms with Crippen LogP contribution in [0.15, 0.2) is 28.4 Å². The summed E-state index contributed by atoms with van der Waals surface area (Å²) in [4.78, 5) is 15.3. The molecule has 4 rings (SSSR count). The van der Waals surface area contributed by atoms with Gasteiger partial charge in [-0.2, -0.15) is 4.39 Å². The first-order chi connectivity index (χ1) is 15.6. The summed E-state index contributed by atoms with van der Waals surface area (Å²) in [6, 6.07) is 1.90. The number of rotatable bonds is 5. The Bertz CT molecular complexity index is 1040. The molecule has 2 aromatic heterocycles. The van der Waals surface area contributed by atoms with Gasteiger partial charge in [-0.1, -0.05) is 29.8 Å². The number of pyridine rings is 1. The van der Waals surface area contributed by atoms with Crippen LogP contribution in [0.25, 0.3) is 0 Å². The molecule has 7 nitrogen and oxygen atoms in total. The summed E-state index contributed by atoms with van der Waals surface area (Å²) in [7, 11) is -1.07. The lowest BCUT2D eigenvalue weighted by Crippen LogP contribution is -2.51. The smallest absolute Gasteiger partial charge is 0.232 e. The van der Waals surface area contributed by atoms with Crippen molar-refractivity contribution >= 4 is 46.0 Å². The predicted octanol–water partition coefficient (Wildman–Crippen LogP) is 4.59. The zero-order chi connectivity index (χ0) is 23.8. The van der Waals surface area contributed by atoms with Gasteiger partial charge in [0.05, 0.1) is 21.9 Å². The summed E-state index contributed by atoms with van der Waals surface area (Å²) < 4.78 is 29.5. The second kappa shape index (κ2) is 9.64. The molecule has 0 bridgehead atoms. The predicted molar refractivity (Wildman–Crippen MR) is 132 cm³/mol. The second-order valence-electron chi connectivity index (χ2n) is 9.73. The molecule has 33 heavy (non-hydrogen) atoms. The van der Waals surface area contributed by atoms with E-state index in [4.69, 9.17) is 17.3 Å². The van der Waals surface area contributed by atoms with Crippen molar-refractivity contribution in [3.8, 4) is 0 Å². The molecule has 0 amide bonds. The second-order valence-corrected chi connectivity index (χ2v) is 13.1. The molecule has 180 valence electrons. The SMILES string of the molecule is CC(C)(C)S(=O)NC1CCCC12CCN(c1cnc(Sc3ccnc(F)c3Cl)c(N)n1)CC2. The van der Waals surface area contributed by atoms with Gasteiger partial charge in [-0.3, -0.25) is 0 Å². The summed E-state index contributed by atoms with van der Waals surface area (Å²) in [5.41, 5.74) is 6.35. The summed E-state index contributed by atoms with van der Waals surface area (Å²) in [5, 5.41) is 0.422. The van der Waals surface area contributed by atoms with Crippen molar-refractivity contribution in [1.29, 1.82) is 0 Å². The molecular formula is C22H30ClFN6OS2. The van der Waals surface area contributed by atoms with Crippen molar-refractivity contribution in [3.05, 3.63) is 29.4 Å². The minimum Gasteiger partial charge on any atom is -0.381 e. The summed E-state index contributed by atoms with van der Waals surface area (Å²) in [6.07, 6.45) is 8.47. The Morgan fingerprint density at radius 3 is 2.70 bits per heavy atom. The normalized spacial score (nSPS) is 21.5. The monoisotopic (exact) mass is 512 g/mol. The third-order valence-electron chi connectivity index (χ3n) is 6.56. The van der Waals surface area contributed by atoms with E-state index in [0.717, 1.165) is 51.0 Å². The van der Waals surface area contributed by atoms with Crippen LogP contribution in [-0.4, -0.2) is 43.0 Å². The van der Waals surface area contributed by atoms with Crippen molar-refractivity contribution in [3.63, 3.8) is 0 Å². The highest BCUT2D eigenvalue weighted by atomic mass is 35.5. The Morgan fingerprint density at radius 2 is 2.03 bits per heavy atom. The van der Waals surface area contributed by atoms with Gasteiger partial charge in [0.2, 0.25) is 5.95 Å². The van der Waals surface area contributed by atoms with Gasteiger partial charge < -0.3 is 10.6 Å². The Labute approximate surface area is 206 Å². The van der Waals surface area contributed by atoms with E-state index in [1.807, 2.05) is 20.8 Å². The van der Waals surface area contributed by atoms with Gasteiger partial charge in [0.15, 0.2) is 5.82 Å². The average Bonchev–Trinajstić information content (AvgIpc) is 3.14. The van der Waals surface area contributed by atoms with Gasteiger partial charge in [0, 0.05) is 30.2 Å². The van der Waals surface area contributed by atoms with Crippen LogP contribution < -0.4 is 15.4 Å². The summed E-state index contributed by atoms with van der Waals surface area (Å²) in [6.45, 7) is 7.71. The first-order valence-corrected chi connectivity index (χ1v) is 13.5. The van der Waals surface area contributed by atoms with Gasteiger partial charge >= 0.3 is 0 Å². The molecule has 0 aromatic carbocycles. The van der Waals surface area contributed by atoms with E-state index in [9.17, 15) is 8.60 Å². The van der Waals surface area contributed by atoms with Crippen molar-refractivity contribution in [2.24, 2.45) is 5.41 Å². The first-order valence-electron chi connectivity index (χ1n) is 11.1. The van der Waals surface area contributed by atoms with Gasteiger partial charge in [-0.15, -0.1) is 0 Å². The standard InChI is InChI=1S/C22H30ClFN6OS2/c1-21(2,3)33(31)29-15-5-4-7-22(15)8-11-30(12-9-22)16-13-27-20(19(25)28-16)32-14-6-10-26-18(24)17(14)23/h6,10,13,15,29H,4-5,7-9,11-12H2,1-3H3,(H2,25,28). The van der Waals surface area contributed by atoms with Crippen molar-refractivity contribution in [2.75, 3.05) is 23.7 Å². The fourth-order valence-corrected chi connectivity index (χ4v) is 6.58. The van der Waals surface area contributed by atoms with E-state index in [1.165, 1.54) is 18.0 Å². The Hall–Kier alpha value is -1.49. The maximum Gasteiger partial charge on any atom is 0.232 e. The molecule has 11 heteroatoms. The number of anilines is 2. The Morgan fingerprint density at radius 1 is 1.30 bits per heavy atom. The van der Waals surface area contributed by atoms with Crippen LogP contribution in [0.4, 0.5) is 16.0 Å². The number of nitrogen functional groups attached to an aromatic ring is 1. The third-order valence-corrected chi connectivity index (χ3v) is 9.72. The van der Waals surface area contributed by atoms with Gasteiger partial charge in [0.1, 0.15) is 15.9 Å². The highest BCUT2D eigenvalue weighted by Gasteiger charge is 2.46. The topological polar surface area (TPSA) is 97.0 Å². The zero-order valence-electron chi connectivity index (χ0n) is 19.1. The number of nitrogens with two attached hydrogens (primary N) is 1. The van der Waals surface area contributed by atoms with Crippen LogP contribution in [0.1, 0.15) is 52.9 Å². The molecule has 2 aliphatic rings. The molecule has 2 unspecified atom stereocenters. The maximum absolute atomic E-state index is 13.6. The molecule has 1 saturated carbocycles. The van der Waals surface area contributed by atoms with E-state index in [0.29, 0.717) is 9.92 Å². The van der Waals surface area contributed by atoms with Crippen LogP contribution in [-0.2, 0) is 11.0 Å². The Balaban J connectivity index is 1.42. The van der Waals surface area contributed by atoms with Gasteiger partial charge in [-0.05, 0) is 57.9 Å². The lowest BCUT2D eigenvalue weighted by molar-refractivity contribution is 0.188. The van der Waals surface area contributed by atoms with Crippen molar-refractivity contribution < 1.29 is 8.60 Å². The fraction of sp³-hybridized carbons (Fsp3) is 0.591. The van der Waals surface area contributed by atoms with Crippen molar-refractivity contribution in [2.45, 2.75) is 73.6 Å². The molecule has 1 spiro atoms. The van der Waals surface area contributed by atoms with Crippen LogP contribution >= 0.6 is 23.4 Å². The average molecular weight is 513 g/mol. The number of hydrogen-bond donors (Lipinski definition) is 2. The molecule has 3 heterocycles. The van der Waals surface area contributed by atoms with E-state index in [2.05, 4.69) is 24.6 Å². The van der Waals surface area contributed by atoms with Gasteiger partial charge in [0.25, 0.3) is 0 Å². The number of aromatic nitrogens is 3. The van der Waals surface area contributed by atoms with E-state index >= 15 is 0 Å². The highest BCUT2D eigenvalue weighted by Crippen LogP contribution is 2.47. The number of halogens is 2. The number of hydrogen-bond acceptors (Lipinski definition) is 7. The van der Waals surface area contributed by atoms with E-state index < -0.39 is 16.9 Å². The number of nitrogens with one attached hydrogen (secondary N) is 1. The summed E-state index contributed by atoms with van der Waals surface area (Å²) in [5.74, 6) is 0.296. The first kappa shape index (κ1) is 24.6. The van der Waals surface area contributed by atoms with Gasteiger partial charge in [-0.25, -0.2) is 23.9 Å². The summed E-state index contributed by atoms with van der Waals surface area (Å²) >= 11 is 7.16. The minimum atomic E-state index is -1.07. The molecular weight excluding hydrogens is 483 g/mol. The number of nitrogens with zero attached hydrogens (tertiary/aromatic N) is 4. The quantitative estimate of drug-likeness (QED) is 0.565. The highest BCUT2D eigenvalue weighted by molar-refractivity contribution is 7.99. The van der Waals surface area contributed by atoms with Crippen molar-refractivity contribution in [1.82, 2.24) is 19.7 Å². The number of piperidine rings is 1. The third kappa shape index (κ3) is 5.28. The molecule has 2 fully saturated rings. The molecule has 2 atom stereocenters. The molecule has 1 saturated heterocycles. The minimum absolute atomic E-state index is 0.0544. The fourth-order valence-electron chi connectivity index (χ4n) is 4.61. The van der Waals surface area contributed by atoms with Crippen LogP contribution in [0.5, 0.6) is 0 Å². The van der Waals surface area contributed by atoms with E-state index in [1.54, 1.807) is 12.3 Å². The molecule has 2 aromatic rings. The molecule has 3 N–H and O–H groups in total. The van der Waals surface area contributed by atoms with Crippen LogP contribution in [0, 0.1) is 11.4 Å². The maximum atomic E-state index is 13.6. The van der Waals surface area contributed by atoms with Crippen LogP contribution in [0.3, 0.4) is 0 Å². The Kier molecular flexibility index (Phi) is 7.19. The molecule has 1 aliphatic heterocycles. The lowest BCUT2D eigenvalue weighted by atomic mass is 9.74. The zero-order valence-corrected chi connectivity index (χ0v) is 21.5. The molecule has 1 aliphatic carbocycles. The van der Waals surface area contributed by atoms with E-state index in [-0.39, 0.29) is 27.0 Å². The van der Waals surface area contributed by atoms with Crippen LogP contribution in [0.2, 0.25) is 5.02 Å². The largest absolute Gasteiger partial charge is 0.381 e. The lowest BCUT2D eigenvalue weighted by Gasteiger charge is -2.44.